The summed E-state index contributed by atoms with van der Waals surface area (Å²) in [4.78, 5) is 12.1. The van der Waals surface area contributed by atoms with Gasteiger partial charge in [-0.25, -0.2) is 0 Å². The van der Waals surface area contributed by atoms with Crippen LogP contribution in [0.4, 0.5) is 0 Å². The Morgan fingerprint density at radius 3 is 2.29 bits per heavy atom. The molecule has 80 valence electrons. The van der Waals surface area contributed by atoms with E-state index in [1.807, 2.05) is 6.07 Å². The minimum Gasteiger partial charge on any atom is -0.508 e. The summed E-state index contributed by atoms with van der Waals surface area (Å²) in [6, 6.07) is 11.8. The van der Waals surface area contributed by atoms with Crippen molar-refractivity contribution in [3.8, 4) is 22.9 Å². The average molecular weight is 221 g/mol. The largest absolute Gasteiger partial charge is 0.508 e. The number of ketones is 1. The number of benzene rings is 2. The molecule has 2 aromatic carbocycles. The Labute approximate surface area is 97.6 Å². The third-order valence-electron chi connectivity index (χ3n) is 2.93. The normalized spacial score (nSPS) is 11.8. The van der Waals surface area contributed by atoms with Gasteiger partial charge < -0.3 is 5.11 Å². The van der Waals surface area contributed by atoms with Crippen molar-refractivity contribution in [1.82, 2.24) is 0 Å². The number of carbonyl (C=O) groups excluding carboxylic acids is 1. The van der Waals surface area contributed by atoms with Gasteiger partial charge in [0.15, 0.2) is 5.78 Å². The monoisotopic (exact) mass is 221 g/mol. The Bertz CT molecular complexity index is 696. The van der Waals surface area contributed by atoms with Gasteiger partial charge in [0.1, 0.15) is 5.75 Å². The SMILES string of the molecule is N#Cc1ccc2c(c1)C(=O)c1cc(O)ccc1-2. The van der Waals surface area contributed by atoms with Crippen molar-refractivity contribution in [2.24, 2.45) is 0 Å². The highest BCUT2D eigenvalue weighted by Gasteiger charge is 2.26. The van der Waals surface area contributed by atoms with E-state index in [1.54, 1.807) is 30.3 Å². The maximum Gasteiger partial charge on any atom is 0.194 e. The van der Waals surface area contributed by atoms with Crippen LogP contribution in [0.5, 0.6) is 5.75 Å². The molecule has 0 aromatic heterocycles. The van der Waals surface area contributed by atoms with Crippen molar-refractivity contribution in [2.45, 2.75) is 0 Å². The molecular weight excluding hydrogens is 214 g/mol. The summed E-state index contributed by atoms with van der Waals surface area (Å²) in [7, 11) is 0. The third-order valence-corrected chi connectivity index (χ3v) is 2.93. The van der Waals surface area contributed by atoms with Crippen LogP contribution in [-0.2, 0) is 0 Å². The maximum absolute atomic E-state index is 12.1. The van der Waals surface area contributed by atoms with Crippen LogP contribution in [0.2, 0.25) is 0 Å². The lowest BCUT2D eigenvalue weighted by molar-refractivity contribution is 0.104. The minimum absolute atomic E-state index is 0.0745. The number of hydrogen-bond donors (Lipinski definition) is 1. The van der Waals surface area contributed by atoms with E-state index in [0.717, 1.165) is 11.1 Å². The van der Waals surface area contributed by atoms with E-state index in [9.17, 15) is 9.90 Å². The molecule has 0 spiro atoms. The first-order valence-corrected chi connectivity index (χ1v) is 5.13. The van der Waals surface area contributed by atoms with Gasteiger partial charge in [-0.1, -0.05) is 6.07 Å². The van der Waals surface area contributed by atoms with Crippen molar-refractivity contribution in [3.05, 3.63) is 53.1 Å². The topological polar surface area (TPSA) is 61.1 Å². The molecule has 0 amide bonds. The van der Waals surface area contributed by atoms with Gasteiger partial charge in [-0.05, 0) is 41.5 Å². The van der Waals surface area contributed by atoms with Gasteiger partial charge in [-0.2, -0.15) is 5.26 Å². The van der Waals surface area contributed by atoms with Crippen LogP contribution in [0.15, 0.2) is 36.4 Å². The van der Waals surface area contributed by atoms with Gasteiger partial charge in [0.25, 0.3) is 0 Å². The molecule has 1 aliphatic carbocycles. The Hall–Kier alpha value is -2.60. The van der Waals surface area contributed by atoms with Crippen LogP contribution in [0.1, 0.15) is 21.5 Å². The molecule has 0 saturated carbocycles. The van der Waals surface area contributed by atoms with Crippen LogP contribution in [0.25, 0.3) is 11.1 Å². The lowest BCUT2D eigenvalue weighted by Gasteiger charge is -1.99. The molecule has 0 bridgehead atoms. The van der Waals surface area contributed by atoms with E-state index < -0.39 is 0 Å². The van der Waals surface area contributed by atoms with Gasteiger partial charge in [-0.15, -0.1) is 0 Å². The van der Waals surface area contributed by atoms with Gasteiger partial charge >= 0.3 is 0 Å². The fourth-order valence-corrected chi connectivity index (χ4v) is 2.14. The molecule has 17 heavy (non-hydrogen) atoms. The Kier molecular flexibility index (Phi) is 1.81. The van der Waals surface area contributed by atoms with Gasteiger partial charge in [0.2, 0.25) is 0 Å². The molecule has 3 nitrogen and oxygen atoms in total. The maximum atomic E-state index is 12.1. The van der Waals surface area contributed by atoms with Crippen molar-refractivity contribution in [1.29, 1.82) is 5.26 Å². The number of carbonyl (C=O) groups is 1. The number of hydrogen-bond acceptors (Lipinski definition) is 3. The molecule has 1 aliphatic rings. The summed E-state index contributed by atoms with van der Waals surface area (Å²) < 4.78 is 0. The van der Waals surface area contributed by atoms with E-state index in [2.05, 4.69) is 0 Å². The van der Waals surface area contributed by atoms with Gasteiger partial charge in [-0.3, -0.25) is 4.79 Å². The fourth-order valence-electron chi connectivity index (χ4n) is 2.14. The molecule has 3 heteroatoms. The predicted molar refractivity (Wildman–Crippen MR) is 61.7 cm³/mol. The lowest BCUT2D eigenvalue weighted by atomic mass is 10.0. The van der Waals surface area contributed by atoms with E-state index >= 15 is 0 Å². The van der Waals surface area contributed by atoms with E-state index in [1.165, 1.54) is 6.07 Å². The zero-order chi connectivity index (χ0) is 12.0. The summed E-state index contributed by atoms with van der Waals surface area (Å²) in [6.07, 6.45) is 0. The summed E-state index contributed by atoms with van der Waals surface area (Å²) in [6.45, 7) is 0. The van der Waals surface area contributed by atoms with Crippen LogP contribution in [0, 0.1) is 11.3 Å². The zero-order valence-corrected chi connectivity index (χ0v) is 8.77. The molecule has 2 aromatic rings. The van der Waals surface area contributed by atoms with Crippen LogP contribution < -0.4 is 0 Å². The average Bonchev–Trinajstić information content (AvgIpc) is 2.62. The molecule has 1 N–H and O–H groups in total. The number of aromatic hydroxyl groups is 1. The second-order valence-electron chi connectivity index (χ2n) is 3.93. The molecule has 0 atom stereocenters. The van der Waals surface area contributed by atoms with E-state index in [0.29, 0.717) is 16.7 Å². The molecule has 0 heterocycles. The zero-order valence-electron chi connectivity index (χ0n) is 8.77. The van der Waals surface area contributed by atoms with E-state index in [-0.39, 0.29) is 11.5 Å². The number of nitrogens with zero attached hydrogens (tertiary/aromatic N) is 1. The highest BCUT2D eigenvalue weighted by Crippen LogP contribution is 2.38. The molecular formula is C14H7NO2. The van der Waals surface area contributed by atoms with Crippen LogP contribution in [-0.4, -0.2) is 10.9 Å². The molecule has 0 fully saturated rings. The lowest BCUT2D eigenvalue weighted by Crippen LogP contribution is -1.95. The summed E-state index contributed by atoms with van der Waals surface area (Å²) >= 11 is 0. The molecule has 0 aliphatic heterocycles. The van der Waals surface area contributed by atoms with Gasteiger partial charge in [0, 0.05) is 11.1 Å². The van der Waals surface area contributed by atoms with Crippen molar-refractivity contribution in [3.63, 3.8) is 0 Å². The fraction of sp³-hybridized carbons (Fsp3) is 0. The summed E-state index contributed by atoms with van der Waals surface area (Å²) in [5.41, 5.74) is 3.13. The Balaban J connectivity index is 2.31. The highest BCUT2D eigenvalue weighted by atomic mass is 16.3. The quantitative estimate of drug-likeness (QED) is 0.634. The number of nitriles is 1. The standard InChI is InChI=1S/C14H7NO2/c15-7-8-1-3-10-11-4-2-9(16)6-13(11)14(17)12(10)5-8/h1-6,16H. The molecule has 0 radical (unpaired) electrons. The van der Waals surface area contributed by atoms with E-state index in [4.69, 9.17) is 5.26 Å². The number of fused-ring (bicyclic) bond motifs is 3. The summed E-state index contributed by atoms with van der Waals surface area (Å²) in [5, 5.41) is 18.2. The minimum atomic E-state index is -0.136. The Morgan fingerprint density at radius 2 is 1.59 bits per heavy atom. The van der Waals surface area contributed by atoms with Crippen LogP contribution in [0.3, 0.4) is 0 Å². The first-order chi connectivity index (χ1) is 8.20. The van der Waals surface area contributed by atoms with Crippen molar-refractivity contribution in [2.75, 3.05) is 0 Å². The summed E-state index contributed by atoms with van der Waals surface area (Å²) in [5.74, 6) is -0.0617. The third kappa shape index (κ3) is 1.25. The molecule has 0 saturated heterocycles. The van der Waals surface area contributed by atoms with Crippen molar-refractivity contribution < 1.29 is 9.90 Å². The smallest absolute Gasteiger partial charge is 0.194 e. The highest BCUT2D eigenvalue weighted by molar-refractivity contribution is 6.22. The number of phenols is 1. The molecule has 0 unspecified atom stereocenters. The first kappa shape index (κ1) is 9.61. The van der Waals surface area contributed by atoms with Crippen LogP contribution >= 0.6 is 0 Å². The van der Waals surface area contributed by atoms with Crippen molar-refractivity contribution >= 4 is 5.78 Å². The van der Waals surface area contributed by atoms with Gasteiger partial charge in [0.05, 0.1) is 11.6 Å². The first-order valence-electron chi connectivity index (χ1n) is 5.13. The second-order valence-corrected chi connectivity index (χ2v) is 3.93. The molecule has 3 rings (SSSR count). The second kappa shape index (κ2) is 3.19. The number of rotatable bonds is 0. The number of phenolic OH excluding ortho intramolecular Hbond substituents is 1. The Morgan fingerprint density at radius 1 is 0.941 bits per heavy atom. The predicted octanol–water partition coefficient (Wildman–Crippen LogP) is 2.48.